The van der Waals surface area contributed by atoms with Gasteiger partial charge in [0.15, 0.2) is 0 Å². The molecule has 4 N–H and O–H groups in total. The topological polar surface area (TPSA) is 102 Å². The van der Waals surface area contributed by atoms with Crippen molar-refractivity contribution < 1.29 is 35.2 Å². The van der Waals surface area contributed by atoms with E-state index in [9.17, 15) is 15.3 Å². The number of para-hydroxylation sites is 3. The third-order valence-corrected chi connectivity index (χ3v) is 5.73. The molecule has 1 fully saturated rings. The summed E-state index contributed by atoms with van der Waals surface area (Å²) in [7, 11) is 0. The first-order valence-electron chi connectivity index (χ1n) is 10.6. The number of hydrogen-bond acceptors (Lipinski definition) is 6. The first-order chi connectivity index (χ1) is 17.0. The van der Waals surface area contributed by atoms with E-state index in [0.717, 1.165) is 28.3 Å². The predicted octanol–water partition coefficient (Wildman–Crippen LogP) is 5.22. The van der Waals surface area contributed by atoms with Gasteiger partial charge in [-0.15, -0.1) is 5.75 Å². The summed E-state index contributed by atoms with van der Waals surface area (Å²) in [6, 6.07) is 30.0. The smallest absolute Gasteiger partial charge is 0.127 e. The van der Waals surface area contributed by atoms with Crippen molar-refractivity contribution in [3.63, 3.8) is 0 Å². The first kappa shape index (κ1) is 24.0. The Labute approximate surface area is 210 Å². The summed E-state index contributed by atoms with van der Waals surface area (Å²) in [5.74, 6) is 1.89. The molecule has 0 radical (unpaired) electrons. The zero-order valence-corrected chi connectivity index (χ0v) is 19.6. The maximum Gasteiger partial charge on any atom is 0.127 e. The summed E-state index contributed by atoms with van der Waals surface area (Å²) in [4.78, 5) is 5.69. The first-order valence-corrected chi connectivity index (χ1v) is 11.7. The molecule has 0 amide bonds. The molecule has 1 aliphatic heterocycles. The molecular formula is C28H23CoN2O4. The van der Waals surface area contributed by atoms with Gasteiger partial charge in [0.1, 0.15) is 11.5 Å². The maximum atomic E-state index is 10.8. The van der Waals surface area contributed by atoms with Gasteiger partial charge >= 0.3 is 129 Å². The van der Waals surface area contributed by atoms with Crippen LogP contribution in [0.3, 0.4) is 0 Å². The molecule has 1 saturated heterocycles. The van der Waals surface area contributed by atoms with Crippen molar-refractivity contribution >= 4 is 12.2 Å². The van der Waals surface area contributed by atoms with Gasteiger partial charge in [0.25, 0.3) is 0 Å². The number of rotatable bonds is 5. The number of nitrogens with zero attached hydrogens (tertiary/aromatic N) is 1. The zero-order chi connectivity index (χ0) is 24.6. The minimum Gasteiger partial charge on any atom is -0.872 e. The largest absolute Gasteiger partial charge is 0.872 e. The van der Waals surface area contributed by atoms with Gasteiger partial charge in [-0.25, -0.2) is 0 Å². The summed E-state index contributed by atoms with van der Waals surface area (Å²) in [6.45, 7) is 0. The number of phenols is 2. The van der Waals surface area contributed by atoms with Crippen molar-refractivity contribution in [3.05, 3.63) is 126 Å². The van der Waals surface area contributed by atoms with Gasteiger partial charge in [-0.2, -0.15) is 0 Å². The molecule has 178 valence electrons. The van der Waals surface area contributed by atoms with Crippen LogP contribution in [0, 0.1) is 0 Å². The molecule has 0 saturated carbocycles. The molecule has 0 atom stereocenters. The van der Waals surface area contributed by atoms with E-state index in [0.29, 0.717) is 20.9 Å². The van der Waals surface area contributed by atoms with Gasteiger partial charge < -0.3 is 9.84 Å². The Bertz CT molecular complexity index is 1280. The average molecular weight is 510 g/mol. The molecule has 5 rings (SSSR count). The molecule has 1 heterocycles. The predicted molar refractivity (Wildman–Crippen MR) is 131 cm³/mol. The molecule has 35 heavy (non-hydrogen) atoms. The van der Waals surface area contributed by atoms with Crippen LogP contribution in [-0.4, -0.2) is 14.2 Å². The van der Waals surface area contributed by atoms with E-state index in [2.05, 4.69) is 0 Å². The number of hydrogen-bond donors (Lipinski definition) is 3. The quantitative estimate of drug-likeness (QED) is 0.318. The fourth-order valence-corrected chi connectivity index (χ4v) is 3.77. The molecule has 4 aromatic rings. The van der Waals surface area contributed by atoms with Crippen LogP contribution in [0.4, 0.5) is 0 Å². The molecule has 1 aliphatic rings. The molecule has 0 unspecified atom stereocenters. The second-order valence-electron chi connectivity index (χ2n) is 7.41. The Morgan fingerprint density at radius 2 is 1.11 bits per heavy atom. The van der Waals surface area contributed by atoms with Crippen LogP contribution in [0.1, 0.15) is 11.1 Å². The summed E-state index contributed by atoms with van der Waals surface area (Å²) >= 11 is 0.634. The van der Waals surface area contributed by atoms with E-state index >= 15 is 0 Å². The SMILES string of the molecule is [NH2][Co+][N]1C(=Cc2ccccc2O)C1=Cc1ccccc1O.[O-]c1ccc(Oc2ccccc2)cc1. The van der Waals surface area contributed by atoms with Crippen LogP contribution in [-0.2, 0) is 15.1 Å². The zero-order valence-electron chi connectivity index (χ0n) is 18.5. The molecular weight excluding hydrogens is 487 g/mol. The van der Waals surface area contributed by atoms with Crippen LogP contribution in [0.2, 0.25) is 0 Å². The molecule has 6 nitrogen and oxygen atoms in total. The molecule has 0 aromatic heterocycles. The van der Waals surface area contributed by atoms with Crippen molar-refractivity contribution in [1.82, 2.24) is 3.95 Å². The summed E-state index contributed by atoms with van der Waals surface area (Å²) in [6.07, 6.45) is 3.75. The van der Waals surface area contributed by atoms with Crippen molar-refractivity contribution in [2.75, 3.05) is 0 Å². The number of aromatic hydroxyl groups is 2. The molecule has 7 heteroatoms. The summed E-state index contributed by atoms with van der Waals surface area (Å²) < 4.78 is 7.38. The molecule has 0 bridgehead atoms. The third-order valence-electron chi connectivity index (χ3n) is 4.96. The Morgan fingerprint density at radius 1 is 0.657 bits per heavy atom. The second kappa shape index (κ2) is 11.3. The van der Waals surface area contributed by atoms with Crippen molar-refractivity contribution in [1.29, 1.82) is 0 Å². The summed E-state index contributed by atoms with van der Waals surface area (Å²) in [5.41, 5.74) is 3.34. The van der Waals surface area contributed by atoms with E-state index < -0.39 is 0 Å². The van der Waals surface area contributed by atoms with Crippen LogP contribution >= 0.6 is 0 Å². The number of ether oxygens (including phenoxy) is 1. The van der Waals surface area contributed by atoms with Crippen LogP contribution < -0.4 is 14.6 Å². The van der Waals surface area contributed by atoms with Crippen LogP contribution in [0.5, 0.6) is 28.7 Å². The van der Waals surface area contributed by atoms with E-state index in [4.69, 9.17) is 9.52 Å². The Morgan fingerprint density at radius 3 is 1.60 bits per heavy atom. The van der Waals surface area contributed by atoms with Crippen molar-refractivity contribution in [2.45, 2.75) is 0 Å². The minimum absolute atomic E-state index is 0.00888. The Hall–Kier alpha value is -4.17. The van der Waals surface area contributed by atoms with Gasteiger partial charge in [0, 0.05) is 0 Å². The van der Waals surface area contributed by atoms with Gasteiger partial charge in [-0.3, -0.25) is 0 Å². The van der Waals surface area contributed by atoms with Gasteiger partial charge in [-0.1, -0.05) is 30.3 Å². The van der Waals surface area contributed by atoms with Crippen LogP contribution in [0.25, 0.3) is 12.2 Å². The monoisotopic (exact) mass is 510 g/mol. The second-order valence-corrected chi connectivity index (χ2v) is 8.14. The number of benzene rings is 4. The van der Waals surface area contributed by atoms with E-state index in [1.807, 2.05) is 70.7 Å². The van der Waals surface area contributed by atoms with Gasteiger partial charge in [0.05, 0.1) is 0 Å². The number of phenolic OH excluding ortho intramolecular Hbond substituents is 2. The summed E-state index contributed by atoms with van der Waals surface area (Å²) in [5, 5.41) is 30.4. The maximum absolute atomic E-state index is 10.8. The fraction of sp³-hybridized carbons (Fsp3) is 0. The average Bonchev–Trinajstić information content (AvgIpc) is 3.54. The van der Waals surface area contributed by atoms with Crippen molar-refractivity contribution in [2.24, 2.45) is 4.78 Å². The van der Waals surface area contributed by atoms with Gasteiger partial charge in [-0.05, 0) is 24.3 Å². The van der Waals surface area contributed by atoms with E-state index in [-0.39, 0.29) is 17.2 Å². The Balaban J connectivity index is 0.000000179. The Kier molecular flexibility index (Phi) is 7.74. The molecule has 0 aliphatic carbocycles. The van der Waals surface area contributed by atoms with Gasteiger partial charge in [0.2, 0.25) is 0 Å². The normalized spacial score (nSPS) is 14.5. The minimum atomic E-state index is -0.00888. The van der Waals surface area contributed by atoms with E-state index in [1.165, 1.54) is 12.1 Å². The standard InChI is InChI=1S/C16H12NO2.C12H10O2.Co.H2N/c18-15-7-3-1-5-11(15)9-13-14(17-13)10-12-6-2-4-8-16(12)19;13-10-6-8-12(9-7-10)14-11-4-2-1-3-5-11;;/h1-10,18-19H;1-9,13H;;1H2/q-1;;+3;-1/p-1. The molecule has 0 spiro atoms. The number of nitrogens with two attached hydrogens (primary N) is 1. The van der Waals surface area contributed by atoms with Crippen LogP contribution in [0.15, 0.2) is 115 Å². The molecule has 4 aromatic carbocycles. The third kappa shape index (κ3) is 6.45. The fourth-order valence-electron chi connectivity index (χ4n) is 3.16. The van der Waals surface area contributed by atoms with E-state index in [1.54, 1.807) is 36.4 Å². The van der Waals surface area contributed by atoms with Crippen molar-refractivity contribution in [3.8, 4) is 28.7 Å².